The Morgan fingerprint density at radius 1 is 1.31 bits per heavy atom. The number of carbonyl (C=O) groups is 1. The fraction of sp³-hybridized carbons (Fsp3) is 0.478. The first-order chi connectivity index (χ1) is 14.2. The number of fused-ring (bicyclic) bond motifs is 1. The van der Waals surface area contributed by atoms with Crippen LogP contribution in [0.3, 0.4) is 0 Å². The van der Waals surface area contributed by atoms with E-state index in [1.807, 2.05) is 12.3 Å². The molecule has 4 rings (SSSR count). The van der Waals surface area contributed by atoms with E-state index in [-0.39, 0.29) is 12.5 Å². The number of pyridine rings is 1. The highest BCUT2D eigenvalue weighted by Crippen LogP contribution is 2.18. The van der Waals surface area contributed by atoms with Gasteiger partial charge >= 0.3 is 0 Å². The predicted molar refractivity (Wildman–Crippen MR) is 113 cm³/mol. The first-order valence-electron chi connectivity index (χ1n) is 10.6. The molecule has 1 saturated heterocycles. The molecule has 0 saturated carbocycles. The van der Waals surface area contributed by atoms with E-state index in [2.05, 4.69) is 44.8 Å². The highest BCUT2D eigenvalue weighted by Gasteiger charge is 2.19. The van der Waals surface area contributed by atoms with Crippen LogP contribution in [0.25, 0.3) is 0 Å². The molecule has 2 aliphatic heterocycles. The van der Waals surface area contributed by atoms with Crippen molar-refractivity contribution in [1.82, 2.24) is 20.5 Å². The molecule has 3 heterocycles. The van der Waals surface area contributed by atoms with Gasteiger partial charge in [-0.05, 0) is 61.0 Å². The number of benzene rings is 1. The van der Waals surface area contributed by atoms with Gasteiger partial charge in [0.05, 0.1) is 11.7 Å². The van der Waals surface area contributed by atoms with Crippen molar-refractivity contribution in [2.75, 3.05) is 32.7 Å². The summed E-state index contributed by atoms with van der Waals surface area (Å²) in [5.74, 6) is 0.443. The normalized spacial score (nSPS) is 20.2. The van der Waals surface area contributed by atoms with Gasteiger partial charge in [0.25, 0.3) is 5.91 Å². The fourth-order valence-electron chi connectivity index (χ4n) is 4.33. The van der Waals surface area contributed by atoms with E-state index in [1.54, 1.807) is 6.20 Å². The number of amides is 1. The smallest absolute Gasteiger partial charge is 0.252 e. The van der Waals surface area contributed by atoms with Crippen LogP contribution in [0.1, 0.15) is 33.5 Å². The van der Waals surface area contributed by atoms with E-state index in [0.29, 0.717) is 18.0 Å². The van der Waals surface area contributed by atoms with Gasteiger partial charge in [-0.1, -0.05) is 24.3 Å². The molecule has 2 aliphatic rings. The monoisotopic (exact) mass is 394 g/mol. The Balaban J connectivity index is 1.25. The van der Waals surface area contributed by atoms with Crippen molar-refractivity contribution in [2.45, 2.75) is 31.9 Å². The zero-order valence-corrected chi connectivity index (χ0v) is 16.8. The first-order valence-corrected chi connectivity index (χ1v) is 10.6. The third-order valence-corrected chi connectivity index (χ3v) is 5.92. The summed E-state index contributed by atoms with van der Waals surface area (Å²) >= 11 is 0. The van der Waals surface area contributed by atoms with Crippen molar-refractivity contribution >= 4 is 5.91 Å². The van der Waals surface area contributed by atoms with Crippen molar-refractivity contribution < 1.29 is 9.90 Å². The van der Waals surface area contributed by atoms with Gasteiger partial charge in [0, 0.05) is 38.6 Å². The van der Waals surface area contributed by atoms with Crippen LogP contribution in [0.5, 0.6) is 0 Å². The second-order valence-electron chi connectivity index (χ2n) is 8.26. The molecule has 1 unspecified atom stereocenters. The quantitative estimate of drug-likeness (QED) is 0.661. The lowest BCUT2D eigenvalue weighted by molar-refractivity contribution is 0.0841. The van der Waals surface area contributed by atoms with E-state index in [9.17, 15) is 9.90 Å². The molecule has 2 aromatic rings. The Morgan fingerprint density at radius 2 is 2.17 bits per heavy atom. The molecule has 1 aromatic heterocycles. The standard InChI is InChI=1S/C23H30N4O2/c28-22(16-27-8-6-19-3-1-2-4-20(19)15-27)14-26-23(29)21-10-18(12-25-13-21)9-17-5-7-24-11-17/h1-4,10,12-13,17,22,24,28H,5-9,11,14-16H2,(H,26,29)/t17?,22-/m0/s1. The molecule has 2 atom stereocenters. The van der Waals surface area contributed by atoms with Gasteiger partial charge in [0.15, 0.2) is 0 Å². The summed E-state index contributed by atoms with van der Waals surface area (Å²) in [6.45, 7) is 4.69. The molecule has 0 spiro atoms. The topological polar surface area (TPSA) is 77.5 Å². The Hall–Kier alpha value is -2.28. The van der Waals surface area contributed by atoms with E-state index in [0.717, 1.165) is 44.6 Å². The molecule has 0 radical (unpaired) electrons. The average molecular weight is 395 g/mol. The second kappa shape index (κ2) is 9.48. The minimum Gasteiger partial charge on any atom is -0.390 e. The van der Waals surface area contributed by atoms with E-state index >= 15 is 0 Å². The number of aliphatic hydroxyl groups excluding tert-OH is 1. The summed E-state index contributed by atoms with van der Waals surface area (Å²) < 4.78 is 0. The highest BCUT2D eigenvalue weighted by molar-refractivity contribution is 5.94. The van der Waals surface area contributed by atoms with Crippen LogP contribution in [0.2, 0.25) is 0 Å². The minimum atomic E-state index is -0.593. The fourth-order valence-corrected chi connectivity index (χ4v) is 4.33. The van der Waals surface area contributed by atoms with Crippen molar-refractivity contribution in [3.8, 4) is 0 Å². The summed E-state index contributed by atoms with van der Waals surface area (Å²) in [7, 11) is 0. The van der Waals surface area contributed by atoms with Gasteiger partial charge in [0.2, 0.25) is 0 Å². The van der Waals surface area contributed by atoms with Gasteiger partial charge in [-0.3, -0.25) is 14.7 Å². The number of aliphatic hydroxyl groups is 1. The average Bonchev–Trinajstić information content (AvgIpc) is 3.25. The summed E-state index contributed by atoms with van der Waals surface area (Å²) in [4.78, 5) is 19.0. The van der Waals surface area contributed by atoms with Crippen LogP contribution in [0.4, 0.5) is 0 Å². The highest BCUT2D eigenvalue weighted by atomic mass is 16.3. The maximum Gasteiger partial charge on any atom is 0.252 e. The molecule has 6 heteroatoms. The van der Waals surface area contributed by atoms with Crippen molar-refractivity contribution in [1.29, 1.82) is 0 Å². The SMILES string of the molecule is O=C(NC[C@H](O)CN1CCc2ccccc2C1)c1cncc(CC2CCNC2)c1. The van der Waals surface area contributed by atoms with Gasteiger partial charge in [0.1, 0.15) is 0 Å². The number of nitrogens with zero attached hydrogens (tertiary/aromatic N) is 2. The van der Waals surface area contributed by atoms with E-state index < -0.39 is 6.10 Å². The number of β-amino-alcohol motifs (C(OH)–C–C–N with tert-alkyl or cyclic N) is 1. The summed E-state index contributed by atoms with van der Waals surface area (Å²) in [5.41, 5.74) is 4.38. The second-order valence-corrected chi connectivity index (χ2v) is 8.26. The molecule has 3 N–H and O–H groups in total. The van der Waals surface area contributed by atoms with Crippen LogP contribution < -0.4 is 10.6 Å². The molecule has 0 aliphatic carbocycles. The minimum absolute atomic E-state index is 0.174. The Labute approximate surface area is 172 Å². The third kappa shape index (κ3) is 5.41. The number of hydrogen-bond acceptors (Lipinski definition) is 5. The molecule has 1 fully saturated rings. The Morgan fingerprint density at radius 3 is 3.00 bits per heavy atom. The molecule has 6 nitrogen and oxygen atoms in total. The lowest BCUT2D eigenvalue weighted by Gasteiger charge is -2.30. The third-order valence-electron chi connectivity index (χ3n) is 5.92. The zero-order chi connectivity index (χ0) is 20.1. The number of nitrogens with one attached hydrogen (secondary N) is 2. The van der Waals surface area contributed by atoms with Crippen molar-refractivity contribution in [3.05, 3.63) is 65.0 Å². The first kappa shape index (κ1) is 20.0. The number of aromatic nitrogens is 1. The molecule has 1 amide bonds. The summed E-state index contributed by atoms with van der Waals surface area (Å²) in [6.07, 6.45) is 5.97. The van der Waals surface area contributed by atoms with E-state index in [1.165, 1.54) is 17.5 Å². The summed E-state index contributed by atoms with van der Waals surface area (Å²) in [6, 6.07) is 10.4. The van der Waals surface area contributed by atoms with Crippen LogP contribution in [-0.2, 0) is 19.4 Å². The van der Waals surface area contributed by atoms with E-state index in [4.69, 9.17) is 0 Å². The van der Waals surface area contributed by atoms with Crippen molar-refractivity contribution in [3.63, 3.8) is 0 Å². The summed E-state index contributed by atoms with van der Waals surface area (Å²) in [5, 5.41) is 16.6. The van der Waals surface area contributed by atoms with Gasteiger partial charge in [-0.2, -0.15) is 0 Å². The molecular weight excluding hydrogens is 364 g/mol. The maximum atomic E-state index is 12.5. The molecule has 29 heavy (non-hydrogen) atoms. The maximum absolute atomic E-state index is 12.5. The van der Waals surface area contributed by atoms with Gasteiger partial charge in [-0.15, -0.1) is 0 Å². The van der Waals surface area contributed by atoms with Crippen molar-refractivity contribution in [2.24, 2.45) is 5.92 Å². The van der Waals surface area contributed by atoms with Crippen LogP contribution in [-0.4, -0.2) is 59.7 Å². The molecule has 1 aromatic carbocycles. The molecular formula is C23H30N4O2. The lowest BCUT2D eigenvalue weighted by atomic mass is 9.99. The lowest BCUT2D eigenvalue weighted by Crippen LogP contribution is -2.42. The van der Waals surface area contributed by atoms with Gasteiger partial charge < -0.3 is 15.7 Å². The van der Waals surface area contributed by atoms with Crippen LogP contribution >= 0.6 is 0 Å². The zero-order valence-electron chi connectivity index (χ0n) is 16.8. The molecule has 0 bridgehead atoms. The van der Waals surface area contributed by atoms with Crippen LogP contribution in [0.15, 0.2) is 42.7 Å². The predicted octanol–water partition coefficient (Wildman–Crippen LogP) is 1.38. The molecule has 154 valence electrons. The number of hydrogen-bond donors (Lipinski definition) is 3. The van der Waals surface area contributed by atoms with Gasteiger partial charge in [-0.25, -0.2) is 0 Å². The van der Waals surface area contributed by atoms with Crippen LogP contribution in [0, 0.1) is 5.92 Å². The largest absolute Gasteiger partial charge is 0.390 e. The Bertz CT molecular complexity index is 835. The Kier molecular flexibility index (Phi) is 6.54. The number of carbonyl (C=O) groups excluding carboxylic acids is 1. The number of rotatable bonds is 7.